The highest BCUT2D eigenvalue weighted by atomic mass is 16.5. The minimum Gasteiger partial charge on any atom is -0.450 e. The van der Waals surface area contributed by atoms with E-state index < -0.39 is 6.09 Å². The molecule has 0 saturated heterocycles. The van der Waals surface area contributed by atoms with Crippen LogP contribution < -0.4 is 10.6 Å². The quantitative estimate of drug-likeness (QED) is 0.877. The summed E-state index contributed by atoms with van der Waals surface area (Å²) in [6, 6.07) is 7.47. The van der Waals surface area contributed by atoms with Gasteiger partial charge in [0.1, 0.15) is 6.54 Å². The van der Waals surface area contributed by atoms with Crippen molar-refractivity contribution >= 4 is 23.5 Å². The molecule has 0 aliphatic rings. The third-order valence-corrected chi connectivity index (χ3v) is 2.63. The highest BCUT2D eigenvalue weighted by molar-refractivity contribution is 5.90. The summed E-state index contributed by atoms with van der Waals surface area (Å²) >= 11 is 0. The number of hydrogen-bond acceptors (Lipinski definition) is 5. The van der Waals surface area contributed by atoms with Gasteiger partial charge in [-0.1, -0.05) is 12.1 Å². The Hall–Kier alpha value is -2.90. The molecular weight excluding hydrogens is 286 g/mol. The Morgan fingerprint density at radius 3 is 2.86 bits per heavy atom. The Kier molecular flexibility index (Phi) is 5.07. The molecule has 116 valence electrons. The normalized spacial score (nSPS) is 10.1. The van der Waals surface area contributed by atoms with Crippen molar-refractivity contribution in [2.45, 2.75) is 20.4 Å². The third-order valence-electron chi connectivity index (χ3n) is 2.63. The molecule has 2 aromatic rings. The molecule has 0 saturated carbocycles. The van der Waals surface area contributed by atoms with Gasteiger partial charge in [0.2, 0.25) is 5.91 Å². The number of nitrogens with one attached hydrogen (secondary N) is 2. The van der Waals surface area contributed by atoms with Crippen LogP contribution in [0.4, 0.5) is 16.3 Å². The first-order valence-electron chi connectivity index (χ1n) is 6.77. The smallest absolute Gasteiger partial charge is 0.412 e. The summed E-state index contributed by atoms with van der Waals surface area (Å²) in [5.41, 5.74) is 1.76. The Balaban J connectivity index is 1.89. The first-order valence-corrected chi connectivity index (χ1v) is 6.77. The number of ether oxygens (including phenoxy) is 1. The first kappa shape index (κ1) is 15.5. The summed E-state index contributed by atoms with van der Waals surface area (Å²) < 4.78 is 4.72. The lowest BCUT2D eigenvalue weighted by Gasteiger charge is -2.05. The van der Waals surface area contributed by atoms with Crippen molar-refractivity contribution in [3.05, 3.63) is 36.0 Å². The van der Waals surface area contributed by atoms with Gasteiger partial charge in [-0.2, -0.15) is 9.90 Å². The summed E-state index contributed by atoms with van der Waals surface area (Å²) in [5, 5.41) is 13.0. The lowest BCUT2D eigenvalue weighted by Crippen LogP contribution is -2.20. The molecule has 0 bridgehead atoms. The van der Waals surface area contributed by atoms with E-state index in [1.165, 1.54) is 11.0 Å². The summed E-state index contributed by atoms with van der Waals surface area (Å²) in [6.45, 7) is 3.85. The van der Waals surface area contributed by atoms with Crippen molar-refractivity contribution in [1.29, 1.82) is 0 Å². The fourth-order valence-electron chi connectivity index (χ4n) is 1.75. The molecule has 1 aromatic carbocycles. The maximum Gasteiger partial charge on any atom is 0.412 e. The van der Waals surface area contributed by atoms with Gasteiger partial charge in [0, 0.05) is 5.69 Å². The van der Waals surface area contributed by atoms with Crippen molar-refractivity contribution in [2.75, 3.05) is 17.2 Å². The van der Waals surface area contributed by atoms with E-state index in [9.17, 15) is 9.59 Å². The van der Waals surface area contributed by atoms with Gasteiger partial charge >= 0.3 is 6.09 Å². The number of amides is 2. The average Bonchev–Trinajstić information content (AvgIpc) is 2.85. The molecule has 1 aromatic heterocycles. The second-order valence-electron chi connectivity index (χ2n) is 4.52. The molecule has 8 nitrogen and oxygen atoms in total. The van der Waals surface area contributed by atoms with Crippen LogP contribution in [0.15, 0.2) is 30.5 Å². The minimum atomic E-state index is -0.612. The number of carbonyl (C=O) groups is 2. The molecule has 2 N–H and O–H groups in total. The van der Waals surface area contributed by atoms with Crippen LogP contribution in [0.2, 0.25) is 0 Å². The number of nitrogens with zero attached hydrogens (tertiary/aromatic N) is 3. The largest absolute Gasteiger partial charge is 0.450 e. The second-order valence-corrected chi connectivity index (χ2v) is 4.52. The van der Waals surface area contributed by atoms with Crippen molar-refractivity contribution < 1.29 is 14.3 Å². The van der Waals surface area contributed by atoms with Crippen LogP contribution >= 0.6 is 0 Å². The molecule has 0 spiro atoms. The summed E-state index contributed by atoms with van der Waals surface area (Å²) in [5.74, 6) is -0.0364. The number of hydrogen-bond donors (Lipinski definition) is 2. The van der Waals surface area contributed by atoms with Crippen LogP contribution in [-0.4, -0.2) is 33.6 Å². The summed E-state index contributed by atoms with van der Waals surface area (Å²) in [6.07, 6.45) is 0.732. The molecule has 22 heavy (non-hydrogen) atoms. The van der Waals surface area contributed by atoms with Crippen molar-refractivity contribution in [2.24, 2.45) is 0 Å². The fraction of sp³-hybridized carbons (Fsp3) is 0.286. The van der Waals surface area contributed by atoms with E-state index in [0.717, 1.165) is 5.56 Å². The SMILES string of the molecule is CCOC(=O)Nc1cnn(CC(=O)Nc2cccc(C)c2)n1. The van der Waals surface area contributed by atoms with Gasteiger partial charge in [-0.3, -0.25) is 10.1 Å². The van der Waals surface area contributed by atoms with Gasteiger partial charge in [-0.15, -0.1) is 5.10 Å². The van der Waals surface area contributed by atoms with Gasteiger partial charge in [0.25, 0.3) is 0 Å². The Labute approximate surface area is 127 Å². The van der Waals surface area contributed by atoms with E-state index in [0.29, 0.717) is 5.69 Å². The van der Waals surface area contributed by atoms with E-state index in [4.69, 9.17) is 4.74 Å². The van der Waals surface area contributed by atoms with Crippen LogP contribution in [0.5, 0.6) is 0 Å². The predicted molar refractivity (Wildman–Crippen MR) is 80.5 cm³/mol. The topological polar surface area (TPSA) is 98.1 Å². The van der Waals surface area contributed by atoms with Crippen molar-refractivity contribution in [3.8, 4) is 0 Å². The molecule has 2 rings (SSSR count). The van der Waals surface area contributed by atoms with Crippen LogP contribution in [0.3, 0.4) is 0 Å². The van der Waals surface area contributed by atoms with Gasteiger partial charge in [-0.05, 0) is 31.5 Å². The van der Waals surface area contributed by atoms with Gasteiger partial charge in [-0.25, -0.2) is 4.79 Å². The Morgan fingerprint density at radius 2 is 2.14 bits per heavy atom. The lowest BCUT2D eigenvalue weighted by molar-refractivity contribution is -0.117. The zero-order valence-corrected chi connectivity index (χ0v) is 12.4. The Morgan fingerprint density at radius 1 is 1.32 bits per heavy atom. The molecule has 0 unspecified atom stereocenters. The number of carbonyl (C=O) groups excluding carboxylic acids is 2. The van der Waals surface area contributed by atoms with E-state index >= 15 is 0 Å². The van der Waals surface area contributed by atoms with Crippen molar-refractivity contribution in [1.82, 2.24) is 15.0 Å². The van der Waals surface area contributed by atoms with E-state index in [2.05, 4.69) is 20.8 Å². The van der Waals surface area contributed by atoms with E-state index in [-0.39, 0.29) is 24.9 Å². The highest BCUT2D eigenvalue weighted by Crippen LogP contribution is 2.09. The molecule has 0 atom stereocenters. The van der Waals surface area contributed by atoms with Gasteiger partial charge in [0.05, 0.1) is 12.8 Å². The fourth-order valence-corrected chi connectivity index (χ4v) is 1.75. The van der Waals surface area contributed by atoms with Crippen LogP contribution in [0.25, 0.3) is 0 Å². The van der Waals surface area contributed by atoms with Crippen LogP contribution in [-0.2, 0) is 16.1 Å². The van der Waals surface area contributed by atoms with Crippen LogP contribution in [0, 0.1) is 6.92 Å². The number of benzene rings is 1. The average molecular weight is 303 g/mol. The highest BCUT2D eigenvalue weighted by Gasteiger charge is 2.09. The minimum absolute atomic E-state index is 0.0571. The van der Waals surface area contributed by atoms with Gasteiger partial charge < -0.3 is 10.1 Å². The predicted octanol–water partition coefficient (Wildman–Crippen LogP) is 1.79. The lowest BCUT2D eigenvalue weighted by atomic mass is 10.2. The molecule has 0 radical (unpaired) electrons. The number of anilines is 2. The maximum atomic E-state index is 11.9. The molecular formula is C14H17N5O3. The Bertz CT molecular complexity index is 668. The maximum absolute atomic E-state index is 11.9. The van der Waals surface area contributed by atoms with Crippen LogP contribution in [0.1, 0.15) is 12.5 Å². The molecule has 2 amide bonds. The third kappa shape index (κ3) is 4.58. The van der Waals surface area contributed by atoms with E-state index in [1.807, 2.05) is 25.1 Å². The standard InChI is InChI=1S/C14H17N5O3/c1-3-22-14(21)17-12-8-15-19(18-12)9-13(20)16-11-6-4-5-10(2)7-11/h4-8H,3,9H2,1-2H3,(H,16,20)(H,17,18,21). The molecule has 1 heterocycles. The molecule has 0 aliphatic heterocycles. The number of rotatable bonds is 5. The second kappa shape index (κ2) is 7.21. The number of aryl methyl sites for hydroxylation is 1. The zero-order chi connectivity index (χ0) is 15.9. The first-order chi connectivity index (χ1) is 10.6. The zero-order valence-electron chi connectivity index (χ0n) is 12.4. The molecule has 0 fully saturated rings. The van der Waals surface area contributed by atoms with Gasteiger partial charge in [0.15, 0.2) is 5.82 Å². The number of aromatic nitrogens is 3. The summed E-state index contributed by atoms with van der Waals surface area (Å²) in [7, 11) is 0. The van der Waals surface area contributed by atoms with E-state index in [1.54, 1.807) is 13.0 Å². The summed E-state index contributed by atoms with van der Waals surface area (Å²) in [4.78, 5) is 24.3. The van der Waals surface area contributed by atoms with Crippen molar-refractivity contribution in [3.63, 3.8) is 0 Å². The molecule has 0 aliphatic carbocycles. The monoisotopic (exact) mass is 303 g/mol. The molecule has 8 heteroatoms.